The van der Waals surface area contributed by atoms with Crippen molar-refractivity contribution in [3.8, 4) is 0 Å². The number of fused-ring (bicyclic) bond motifs is 3. The largest absolute Gasteiger partial charge is 0.389 e. The molecule has 2 atom stereocenters. The SMILES string of the molecule is Cc1nc(N2CCn3c(nc4ccc(S(C)(=O)=O)cc43)[C@H]2C(C)C)ncc1C(C)O. The van der Waals surface area contributed by atoms with Gasteiger partial charge in [0.1, 0.15) is 5.82 Å². The molecular formula is C21H27N5O3S. The van der Waals surface area contributed by atoms with Gasteiger partial charge in [-0.1, -0.05) is 13.8 Å². The Morgan fingerprint density at radius 2 is 1.90 bits per heavy atom. The molecule has 9 heteroatoms. The summed E-state index contributed by atoms with van der Waals surface area (Å²) in [6.45, 7) is 9.18. The van der Waals surface area contributed by atoms with E-state index >= 15 is 0 Å². The number of hydrogen-bond donors (Lipinski definition) is 1. The van der Waals surface area contributed by atoms with Gasteiger partial charge in [-0.15, -0.1) is 0 Å². The number of aromatic nitrogens is 4. The first kappa shape index (κ1) is 20.7. The average molecular weight is 430 g/mol. The third kappa shape index (κ3) is 3.45. The number of nitrogens with zero attached hydrogens (tertiary/aromatic N) is 5. The Morgan fingerprint density at radius 1 is 1.17 bits per heavy atom. The van der Waals surface area contributed by atoms with Crippen molar-refractivity contribution >= 4 is 26.8 Å². The maximum atomic E-state index is 12.0. The smallest absolute Gasteiger partial charge is 0.226 e. The summed E-state index contributed by atoms with van der Waals surface area (Å²) >= 11 is 0. The van der Waals surface area contributed by atoms with Crippen LogP contribution < -0.4 is 4.90 Å². The molecule has 0 spiro atoms. The molecule has 160 valence electrons. The zero-order valence-electron chi connectivity index (χ0n) is 17.9. The Balaban J connectivity index is 1.82. The minimum atomic E-state index is -3.29. The van der Waals surface area contributed by atoms with Crippen molar-refractivity contribution in [2.24, 2.45) is 5.92 Å². The lowest BCUT2D eigenvalue weighted by molar-refractivity contribution is 0.197. The lowest BCUT2D eigenvalue weighted by Crippen LogP contribution is -2.42. The Kier molecular flexibility index (Phi) is 5.06. The molecule has 4 rings (SSSR count). The fourth-order valence-corrected chi connectivity index (χ4v) is 4.83. The first-order chi connectivity index (χ1) is 14.1. The summed E-state index contributed by atoms with van der Waals surface area (Å²) in [5.41, 5.74) is 3.10. The number of aryl methyl sites for hydroxylation is 1. The number of hydrogen-bond acceptors (Lipinski definition) is 7. The number of aliphatic hydroxyl groups is 1. The number of benzene rings is 1. The molecule has 0 saturated carbocycles. The Labute approximate surface area is 176 Å². The van der Waals surface area contributed by atoms with Crippen LogP contribution in [0.4, 0.5) is 5.95 Å². The first-order valence-corrected chi connectivity index (χ1v) is 12.0. The van der Waals surface area contributed by atoms with Gasteiger partial charge in [0.25, 0.3) is 0 Å². The van der Waals surface area contributed by atoms with Gasteiger partial charge in [0.2, 0.25) is 5.95 Å². The highest BCUT2D eigenvalue weighted by Crippen LogP contribution is 2.36. The monoisotopic (exact) mass is 429 g/mol. The number of aliphatic hydroxyl groups excluding tert-OH is 1. The third-order valence-electron chi connectivity index (χ3n) is 5.69. The van der Waals surface area contributed by atoms with E-state index in [2.05, 4.69) is 33.3 Å². The van der Waals surface area contributed by atoms with Gasteiger partial charge in [-0.3, -0.25) is 0 Å². The van der Waals surface area contributed by atoms with Gasteiger partial charge in [-0.2, -0.15) is 0 Å². The molecular weight excluding hydrogens is 402 g/mol. The average Bonchev–Trinajstić information content (AvgIpc) is 3.03. The van der Waals surface area contributed by atoms with Crippen molar-refractivity contribution in [2.75, 3.05) is 17.7 Å². The second-order valence-corrected chi connectivity index (χ2v) is 10.3. The van der Waals surface area contributed by atoms with E-state index in [1.165, 1.54) is 6.26 Å². The fraction of sp³-hybridized carbons (Fsp3) is 0.476. The second-order valence-electron chi connectivity index (χ2n) is 8.31. The van der Waals surface area contributed by atoms with Gasteiger partial charge in [-0.25, -0.2) is 23.4 Å². The van der Waals surface area contributed by atoms with E-state index in [1.807, 2.05) is 6.92 Å². The highest BCUT2D eigenvalue weighted by Gasteiger charge is 2.34. The molecule has 1 aliphatic rings. The Bertz CT molecular complexity index is 1220. The molecule has 8 nitrogen and oxygen atoms in total. The van der Waals surface area contributed by atoms with Crippen LogP contribution in [0.1, 0.15) is 50.0 Å². The van der Waals surface area contributed by atoms with Crippen molar-refractivity contribution in [1.29, 1.82) is 0 Å². The van der Waals surface area contributed by atoms with E-state index in [1.54, 1.807) is 31.3 Å². The van der Waals surface area contributed by atoms with Gasteiger partial charge < -0.3 is 14.6 Å². The Hall–Kier alpha value is -2.52. The number of sulfone groups is 1. The molecule has 1 N–H and O–H groups in total. The molecule has 0 saturated heterocycles. The van der Waals surface area contributed by atoms with Crippen LogP contribution in [0.25, 0.3) is 11.0 Å². The standard InChI is InChI=1S/C21H27N5O3S/c1-12(2)19-20-24-17-7-6-15(30(5,28)29)10-18(17)25(20)8-9-26(19)21-22-11-16(14(4)27)13(3)23-21/h6-7,10-12,14,19,27H,8-9H2,1-5H3/t14?,19-/m1/s1. The molecule has 0 amide bonds. The minimum absolute atomic E-state index is 0.0513. The van der Waals surface area contributed by atoms with E-state index in [4.69, 9.17) is 4.98 Å². The number of imidazole rings is 1. The van der Waals surface area contributed by atoms with Crippen LogP contribution >= 0.6 is 0 Å². The lowest BCUT2D eigenvalue weighted by Gasteiger charge is -2.38. The van der Waals surface area contributed by atoms with Crippen LogP contribution in [0.15, 0.2) is 29.3 Å². The molecule has 3 aromatic rings. The summed E-state index contributed by atoms with van der Waals surface area (Å²) in [6, 6.07) is 5.05. The first-order valence-electron chi connectivity index (χ1n) is 10.1. The molecule has 3 heterocycles. The summed E-state index contributed by atoms with van der Waals surface area (Å²) < 4.78 is 26.1. The molecule has 0 radical (unpaired) electrons. The minimum Gasteiger partial charge on any atom is -0.389 e. The summed E-state index contributed by atoms with van der Waals surface area (Å²) in [6.07, 6.45) is 2.29. The maximum Gasteiger partial charge on any atom is 0.226 e. The van der Waals surface area contributed by atoms with Gasteiger partial charge in [0.05, 0.1) is 28.1 Å². The summed E-state index contributed by atoms with van der Waals surface area (Å²) in [5, 5.41) is 9.89. The van der Waals surface area contributed by atoms with E-state index < -0.39 is 15.9 Å². The van der Waals surface area contributed by atoms with E-state index in [9.17, 15) is 13.5 Å². The highest BCUT2D eigenvalue weighted by molar-refractivity contribution is 7.90. The van der Waals surface area contributed by atoms with Crippen LogP contribution in [0, 0.1) is 12.8 Å². The molecule has 0 bridgehead atoms. The quantitative estimate of drug-likeness (QED) is 0.680. The van der Waals surface area contributed by atoms with Gasteiger partial charge in [0.15, 0.2) is 9.84 Å². The zero-order valence-corrected chi connectivity index (χ0v) is 18.7. The van der Waals surface area contributed by atoms with E-state index in [-0.39, 0.29) is 12.0 Å². The Morgan fingerprint density at radius 3 is 2.50 bits per heavy atom. The summed E-state index contributed by atoms with van der Waals surface area (Å²) in [5.74, 6) is 1.74. The van der Waals surface area contributed by atoms with Crippen LogP contribution in [0.5, 0.6) is 0 Å². The molecule has 0 aliphatic carbocycles. The predicted octanol–water partition coefficient (Wildman–Crippen LogP) is 2.81. The zero-order chi connectivity index (χ0) is 21.8. The van der Waals surface area contributed by atoms with Crippen LogP contribution in [-0.2, 0) is 16.4 Å². The van der Waals surface area contributed by atoms with E-state index in [0.717, 1.165) is 28.1 Å². The fourth-order valence-electron chi connectivity index (χ4n) is 4.19. The molecule has 1 aromatic carbocycles. The molecule has 0 fully saturated rings. The van der Waals surface area contributed by atoms with Crippen molar-refractivity contribution < 1.29 is 13.5 Å². The van der Waals surface area contributed by atoms with Crippen molar-refractivity contribution in [1.82, 2.24) is 19.5 Å². The van der Waals surface area contributed by atoms with Crippen LogP contribution in [-0.4, -0.2) is 45.8 Å². The van der Waals surface area contributed by atoms with Crippen molar-refractivity contribution in [2.45, 2.75) is 51.3 Å². The van der Waals surface area contributed by atoms with Crippen molar-refractivity contribution in [3.05, 3.63) is 41.5 Å². The normalized spacial score (nSPS) is 18.1. The number of anilines is 1. The predicted molar refractivity (Wildman–Crippen MR) is 115 cm³/mol. The van der Waals surface area contributed by atoms with Gasteiger partial charge in [0, 0.05) is 36.8 Å². The maximum absolute atomic E-state index is 12.0. The second kappa shape index (κ2) is 7.31. The summed E-state index contributed by atoms with van der Waals surface area (Å²) in [4.78, 5) is 16.5. The van der Waals surface area contributed by atoms with E-state index in [0.29, 0.717) is 23.9 Å². The topological polar surface area (TPSA) is 101 Å². The van der Waals surface area contributed by atoms with Crippen LogP contribution in [0.2, 0.25) is 0 Å². The molecule has 1 aliphatic heterocycles. The van der Waals surface area contributed by atoms with Crippen LogP contribution in [0.3, 0.4) is 0 Å². The molecule has 2 aromatic heterocycles. The molecule has 30 heavy (non-hydrogen) atoms. The van der Waals surface area contributed by atoms with Gasteiger partial charge >= 0.3 is 0 Å². The molecule has 1 unspecified atom stereocenters. The highest BCUT2D eigenvalue weighted by atomic mass is 32.2. The third-order valence-corrected chi connectivity index (χ3v) is 6.80. The van der Waals surface area contributed by atoms with Gasteiger partial charge in [-0.05, 0) is 38.0 Å². The summed E-state index contributed by atoms with van der Waals surface area (Å²) in [7, 11) is -3.29. The lowest BCUT2D eigenvalue weighted by atomic mass is 10.00. The number of rotatable bonds is 4. The van der Waals surface area contributed by atoms with Crippen molar-refractivity contribution in [3.63, 3.8) is 0 Å².